The number of ketones is 1. The molecule has 1 aliphatic heterocycles. The van der Waals surface area contributed by atoms with Gasteiger partial charge in [-0.15, -0.1) is 0 Å². The van der Waals surface area contributed by atoms with E-state index in [1.807, 2.05) is 0 Å². The van der Waals surface area contributed by atoms with Crippen LogP contribution in [0.2, 0.25) is 0 Å². The van der Waals surface area contributed by atoms with Crippen molar-refractivity contribution in [2.24, 2.45) is 0 Å². The lowest BCUT2D eigenvalue weighted by Crippen LogP contribution is -2.70. The van der Waals surface area contributed by atoms with Crippen LogP contribution in [0, 0.1) is 0 Å². The van der Waals surface area contributed by atoms with E-state index in [0.717, 1.165) is 9.80 Å². The Hall–Kier alpha value is -4.10. The molecule has 2 aromatic rings. The minimum atomic E-state index is -5.12. The number of benzene rings is 2. The first-order valence-electron chi connectivity index (χ1n) is 13.3. The third kappa shape index (κ3) is 6.18. The number of carbonyl (C=O) groups excluding carboxylic acids is 3. The molecule has 1 aliphatic carbocycles. The van der Waals surface area contributed by atoms with Crippen molar-refractivity contribution < 1.29 is 50.6 Å². The molecule has 14 heteroatoms. The van der Waals surface area contributed by atoms with Crippen LogP contribution in [-0.4, -0.2) is 50.8 Å². The summed E-state index contributed by atoms with van der Waals surface area (Å²) in [5.41, 5.74) is -6.29. The van der Waals surface area contributed by atoms with E-state index in [9.17, 15) is 50.6 Å². The van der Waals surface area contributed by atoms with Gasteiger partial charge >= 0.3 is 18.4 Å². The van der Waals surface area contributed by atoms with Gasteiger partial charge in [0.25, 0.3) is 0 Å². The molecule has 2 N–H and O–H groups in total. The lowest BCUT2D eigenvalue weighted by Gasteiger charge is -2.52. The van der Waals surface area contributed by atoms with Crippen molar-refractivity contribution in [3.63, 3.8) is 0 Å². The summed E-state index contributed by atoms with van der Waals surface area (Å²) in [6.45, 7) is 4.00. The molecule has 4 rings (SSSR count). The van der Waals surface area contributed by atoms with Crippen molar-refractivity contribution >= 4 is 29.4 Å². The van der Waals surface area contributed by atoms with Crippen LogP contribution >= 0.6 is 0 Å². The van der Waals surface area contributed by atoms with E-state index in [0.29, 0.717) is 18.6 Å². The summed E-state index contributed by atoms with van der Waals surface area (Å²) in [6, 6.07) is 4.97. The fraction of sp³-hybridized carbons (Fsp3) is 0.448. The van der Waals surface area contributed by atoms with Gasteiger partial charge in [0.1, 0.15) is 11.6 Å². The monoisotopic (exact) mass is 613 g/mol. The highest BCUT2D eigenvalue weighted by Crippen LogP contribution is 2.43. The Morgan fingerprint density at radius 1 is 0.977 bits per heavy atom. The third-order valence-corrected chi connectivity index (χ3v) is 7.64. The number of nitrogens with zero attached hydrogens (tertiary/aromatic N) is 2. The second kappa shape index (κ2) is 10.9. The predicted molar refractivity (Wildman–Crippen MR) is 141 cm³/mol. The van der Waals surface area contributed by atoms with Gasteiger partial charge in [-0.25, -0.2) is 4.79 Å². The van der Waals surface area contributed by atoms with Crippen molar-refractivity contribution in [3.8, 4) is 0 Å². The molecular formula is C29H29F6N3O5. The van der Waals surface area contributed by atoms with Gasteiger partial charge in [-0.2, -0.15) is 26.3 Å². The Morgan fingerprint density at radius 2 is 1.53 bits per heavy atom. The zero-order chi connectivity index (χ0) is 32.1. The minimum absolute atomic E-state index is 0.0177. The number of fused-ring (bicyclic) bond motifs is 1. The third-order valence-electron chi connectivity index (χ3n) is 7.64. The Morgan fingerprint density at radius 3 is 2.00 bits per heavy atom. The zero-order valence-corrected chi connectivity index (χ0v) is 23.4. The number of hydrogen-bond acceptors (Lipinski definition) is 4. The molecule has 0 spiro atoms. The van der Waals surface area contributed by atoms with E-state index >= 15 is 0 Å². The van der Waals surface area contributed by atoms with Gasteiger partial charge in [0, 0.05) is 17.5 Å². The number of carbonyl (C=O) groups is 4. The van der Waals surface area contributed by atoms with Crippen LogP contribution < -0.4 is 10.2 Å². The van der Waals surface area contributed by atoms with Crippen molar-refractivity contribution in [2.45, 2.75) is 82.5 Å². The zero-order valence-electron chi connectivity index (χ0n) is 23.4. The van der Waals surface area contributed by atoms with Gasteiger partial charge in [-0.3, -0.25) is 19.3 Å². The second-order valence-electron chi connectivity index (χ2n) is 11.7. The van der Waals surface area contributed by atoms with E-state index in [4.69, 9.17) is 0 Å². The number of amides is 3. The van der Waals surface area contributed by atoms with Gasteiger partial charge in [-0.1, -0.05) is 12.1 Å². The minimum Gasteiger partial charge on any atom is -0.465 e. The Bertz CT molecular complexity index is 1430. The van der Waals surface area contributed by atoms with Crippen molar-refractivity contribution in [1.82, 2.24) is 10.2 Å². The number of hydrogen-bond donors (Lipinski definition) is 2. The highest BCUT2D eigenvalue weighted by molar-refractivity contribution is 6.13. The molecule has 2 aliphatic rings. The molecule has 43 heavy (non-hydrogen) atoms. The largest absolute Gasteiger partial charge is 0.465 e. The van der Waals surface area contributed by atoms with E-state index in [1.165, 1.54) is 24.3 Å². The Labute approximate surface area is 242 Å². The standard InChI is InChI=1S/C29H29F6N3O5/c1-26(2,3)38(25(42)43)27(9-6-10-27)24(41)36-20-14-22(39)19-7-4-5-8-21(19)37(23(20)40)15-16-11-17(28(30,31)32)13-18(12-16)29(33,34)35/h4-5,7-8,11-13,20H,6,9-10,14-15H2,1-3H3,(H,36,41)(H,42,43)/t20-/m1/s1. The lowest BCUT2D eigenvalue weighted by molar-refractivity contribution is -0.145. The maximum absolute atomic E-state index is 13.9. The van der Waals surface area contributed by atoms with Gasteiger partial charge in [0.15, 0.2) is 5.78 Å². The number of nitrogens with one attached hydrogen (secondary N) is 1. The second-order valence-corrected chi connectivity index (χ2v) is 11.7. The number of alkyl halides is 6. The first-order valence-corrected chi connectivity index (χ1v) is 13.3. The first-order chi connectivity index (χ1) is 19.8. The van der Waals surface area contributed by atoms with Crippen molar-refractivity contribution in [1.29, 1.82) is 0 Å². The molecular weight excluding hydrogens is 584 g/mol. The summed E-state index contributed by atoms with van der Waals surface area (Å²) >= 11 is 0. The number of rotatable bonds is 5. The smallest absolute Gasteiger partial charge is 0.416 e. The van der Waals surface area contributed by atoms with Crippen LogP contribution in [0.5, 0.6) is 0 Å². The fourth-order valence-electron chi connectivity index (χ4n) is 5.67. The summed E-state index contributed by atoms with van der Waals surface area (Å²) in [4.78, 5) is 54.8. The van der Waals surface area contributed by atoms with E-state index in [-0.39, 0.29) is 30.2 Å². The van der Waals surface area contributed by atoms with Gasteiger partial charge in [0.05, 0.1) is 23.4 Å². The number of halogens is 6. The number of para-hydroxylation sites is 1. The van der Waals surface area contributed by atoms with Crippen molar-refractivity contribution in [2.75, 3.05) is 4.90 Å². The average Bonchev–Trinajstić information content (AvgIpc) is 2.94. The Kier molecular flexibility index (Phi) is 8.05. The van der Waals surface area contributed by atoms with Crippen LogP contribution in [0.4, 0.5) is 36.8 Å². The normalized spacial score (nSPS) is 18.8. The van der Waals surface area contributed by atoms with Gasteiger partial charge < -0.3 is 15.3 Å². The molecule has 3 amide bonds. The molecule has 0 unspecified atom stereocenters. The molecule has 232 valence electrons. The predicted octanol–water partition coefficient (Wildman–Crippen LogP) is 6.03. The maximum atomic E-state index is 13.9. The summed E-state index contributed by atoms with van der Waals surface area (Å²) in [7, 11) is 0. The molecule has 2 aromatic carbocycles. The summed E-state index contributed by atoms with van der Waals surface area (Å²) in [5.74, 6) is -2.39. The molecule has 0 aromatic heterocycles. The molecule has 0 saturated heterocycles. The Balaban J connectivity index is 1.75. The lowest BCUT2D eigenvalue weighted by atomic mass is 9.72. The molecule has 0 bridgehead atoms. The summed E-state index contributed by atoms with van der Waals surface area (Å²) in [5, 5.41) is 12.4. The molecule has 8 nitrogen and oxygen atoms in total. The number of anilines is 1. The average molecular weight is 614 g/mol. The highest BCUT2D eigenvalue weighted by Gasteiger charge is 2.55. The maximum Gasteiger partial charge on any atom is 0.416 e. The highest BCUT2D eigenvalue weighted by atomic mass is 19.4. The van der Waals surface area contributed by atoms with Crippen LogP contribution in [0.15, 0.2) is 42.5 Å². The van der Waals surface area contributed by atoms with Gasteiger partial charge in [0.2, 0.25) is 11.8 Å². The topological polar surface area (TPSA) is 107 Å². The molecule has 1 fully saturated rings. The van der Waals surface area contributed by atoms with E-state index in [1.54, 1.807) is 20.8 Å². The summed E-state index contributed by atoms with van der Waals surface area (Å²) < 4.78 is 81.1. The number of Topliss-reactive ketones (excluding diaryl/α,β-unsaturated/α-hetero) is 1. The molecule has 0 radical (unpaired) electrons. The van der Waals surface area contributed by atoms with Crippen molar-refractivity contribution in [3.05, 3.63) is 64.7 Å². The van der Waals surface area contributed by atoms with Crippen LogP contribution in [0.1, 0.15) is 73.5 Å². The van der Waals surface area contributed by atoms with Crippen LogP contribution in [-0.2, 0) is 28.5 Å². The first kappa shape index (κ1) is 31.8. The quantitative estimate of drug-likeness (QED) is 0.401. The van der Waals surface area contributed by atoms with Crippen LogP contribution in [0.3, 0.4) is 0 Å². The molecule has 1 heterocycles. The number of carboxylic acid groups (broad SMARTS) is 1. The van der Waals surface area contributed by atoms with Crippen LogP contribution in [0.25, 0.3) is 0 Å². The SMILES string of the molecule is CC(C)(C)N(C(=O)O)C1(C(=O)N[C@@H]2CC(=O)c3ccccc3N(Cc3cc(C(F)(F)F)cc(C(F)(F)F)c3)C2=O)CCC1. The van der Waals surface area contributed by atoms with E-state index < -0.39 is 82.8 Å². The fourth-order valence-corrected chi connectivity index (χ4v) is 5.67. The summed E-state index contributed by atoms with van der Waals surface area (Å²) in [6.07, 6.45) is -11.4. The molecule has 1 saturated carbocycles. The molecule has 1 atom stereocenters. The van der Waals surface area contributed by atoms with E-state index in [2.05, 4.69) is 5.32 Å². The van der Waals surface area contributed by atoms with Gasteiger partial charge in [-0.05, 0) is 75.9 Å².